The van der Waals surface area contributed by atoms with Crippen LogP contribution in [0, 0.1) is 0 Å². The number of hydrogen-bond acceptors (Lipinski definition) is 6. The number of allylic oxidation sites excluding steroid dienone is 1. The topological polar surface area (TPSA) is 138 Å². The van der Waals surface area contributed by atoms with E-state index in [1.807, 2.05) is 19.1 Å². The van der Waals surface area contributed by atoms with E-state index in [9.17, 15) is 19.2 Å². The molecule has 2 aromatic rings. The molecule has 0 aromatic heterocycles. The van der Waals surface area contributed by atoms with Crippen molar-refractivity contribution in [2.24, 2.45) is 0 Å². The Hall–Kier alpha value is -3.22. The highest BCUT2D eigenvalue weighted by Gasteiger charge is 2.07. The lowest BCUT2D eigenvalue weighted by molar-refractivity contribution is -0.117. The number of carbonyl (C=O) groups is 4. The summed E-state index contributed by atoms with van der Waals surface area (Å²) in [6, 6.07) is 17.7. The summed E-state index contributed by atoms with van der Waals surface area (Å²) in [6.07, 6.45) is 1.76. The first-order chi connectivity index (χ1) is 12.8. The number of benzene rings is 2. The van der Waals surface area contributed by atoms with Crippen LogP contribution in [-0.4, -0.2) is 23.1 Å². The third-order valence-corrected chi connectivity index (χ3v) is 3.01. The van der Waals surface area contributed by atoms with Crippen molar-refractivity contribution in [1.29, 1.82) is 0 Å². The molecule has 0 radical (unpaired) electrons. The van der Waals surface area contributed by atoms with Gasteiger partial charge in [0.05, 0.1) is 12.8 Å². The van der Waals surface area contributed by atoms with Gasteiger partial charge in [0.2, 0.25) is 0 Å². The second-order valence-corrected chi connectivity index (χ2v) is 5.74. The SMILES string of the molecule is C=CC.CC(=O)CC(=O)c1ccccc1.CC(=O)CC(=O)c1ccccc1.N.N. The molecule has 0 bridgehead atoms. The standard InChI is InChI=1S/2C10H10O2.C3H6.2H3N/c2*1-8(11)7-10(12)9-5-3-2-4-6-9;1-3-2;;/h2*2-6H,7H2,1H3;3H,1H2,2H3;2*1H3. The monoisotopic (exact) mass is 400 g/mol. The summed E-state index contributed by atoms with van der Waals surface area (Å²) < 4.78 is 0. The Balaban J connectivity index is -0.000000387. The van der Waals surface area contributed by atoms with Crippen molar-refractivity contribution in [3.8, 4) is 0 Å². The summed E-state index contributed by atoms with van der Waals surface area (Å²) in [7, 11) is 0. The number of hydrogen-bond donors (Lipinski definition) is 2. The fourth-order valence-corrected chi connectivity index (χ4v) is 1.90. The van der Waals surface area contributed by atoms with E-state index in [0.29, 0.717) is 11.1 Å². The number of Topliss-reactive ketones (excluding diaryl/α,β-unsaturated/α-hetero) is 4. The van der Waals surface area contributed by atoms with Crippen molar-refractivity contribution < 1.29 is 19.2 Å². The van der Waals surface area contributed by atoms with Crippen LogP contribution >= 0.6 is 0 Å². The lowest BCUT2D eigenvalue weighted by Crippen LogP contribution is -2.04. The van der Waals surface area contributed by atoms with E-state index in [0.717, 1.165) is 0 Å². The van der Waals surface area contributed by atoms with Gasteiger partial charge in [-0.3, -0.25) is 19.2 Å². The molecule has 0 spiro atoms. The molecule has 6 N–H and O–H groups in total. The minimum atomic E-state index is -0.108. The quantitative estimate of drug-likeness (QED) is 0.387. The Morgan fingerprint density at radius 1 is 0.690 bits per heavy atom. The maximum absolute atomic E-state index is 11.2. The van der Waals surface area contributed by atoms with Crippen molar-refractivity contribution in [2.45, 2.75) is 33.6 Å². The van der Waals surface area contributed by atoms with Gasteiger partial charge in [0.25, 0.3) is 0 Å². The third kappa shape index (κ3) is 15.5. The molecule has 0 saturated heterocycles. The molecular formula is C23H32N2O4. The Morgan fingerprint density at radius 3 is 1.14 bits per heavy atom. The van der Waals surface area contributed by atoms with Crippen LogP contribution in [0.25, 0.3) is 0 Å². The minimum absolute atomic E-state index is 0. The Bertz CT molecular complexity index is 693. The molecule has 0 amide bonds. The molecule has 6 heteroatoms. The average molecular weight is 401 g/mol. The molecule has 0 unspecified atom stereocenters. The molecule has 0 aliphatic heterocycles. The van der Waals surface area contributed by atoms with Crippen LogP contribution in [0.2, 0.25) is 0 Å². The molecule has 29 heavy (non-hydrogen) atoms. The lowest BCUT2D eigenvalue weighted by Gasteiger charge is -1.95. The van der Waals surface area contributed by atoms with E-state index in [1.54, 1.807) is 54.6 Å². The van der Waals surface area contributed by atoms with E-state index in [4.69, 9.17) is 0 Å². The summed E-state index contributed by atoms with van der Waals surface area (Å²) in [4.78, 5) is 43.7. The highest BCUT2D eigenvalue weighted by atomic mass is 16.2. The Labute approximate surface area is 173 Å². The first-order valence-corrected chi connectivity index (χ1v) is 8.54. The molecule has 0 aliphatic rings. The Morgan fingerprint density at radius 2 is 0.931 bits per heavy atom. The van der Waals surface area contributed by atoms with Gasteiger partial charge >= 0.3 is 0 Å². The smallest absolute Gasteiger partial charge is 0.170 e. The van der Waals surface area contributed by atoms with Gasteiger partial charge in [0.1, 0.15) is 11.6 Å². The summed E-state index contributed by atoms with van der Waals surface area (Å²) in [5.74, 6) is -0.404. The Kier molecular flexibility index (Phi) is 19.1. The van der Waals surface area contributed by atoms with E-state index in [-0.39, 0.29) is 48.3 Å². The fraction of sp³-hybridized carbons (Fsp3) is 0.217. The number of ketones is 4. The zero-order chi connectivity index (χ0) is 20.7. The molecular weight excluding hydrogens is 368 g/mol. The fourth-order valence-electron chi connectivity index (χ4n) is 1.90. The predicted molar refractivity (Wildman–Crippen MR) is 118 cm³/mol. The van der Waals surface area contributed by atoms with E-state index in [2.05, 4.69) is 6.58 Å². The molecule has 0 aliphatic carbocycles. The van der Waals surface area contributed by atoms with E-state index in [1.165, 1.54) is 13.8 Å². The van der Waals surface area contributed by atoms with Gasteiger partial charge in [-0.25, -0.2) is 0 Å². The highest BCUT2D eigenvalue weighted by molar-refractivity contribution is 6.07. The van der Waals surface area contributed by atoms with Crippen LogP contribution in [0.5, 0.6) is 0 Å². The van der Waals surface area contributed by atoms with Gasteiger partial charge in [0.15, 0.2) is 11.6 Å². The average Bonchev–Trinajstić information content (AvgIpc) is 2.63. The van der Waals surface area contributed by atoms with Crippen LogP contribution in [-0.2, 0) is 9.59 Å². The summed E-state index contributed by atoms with van der Waals surface area (Å²) in [5, 5.41) is 0. The lowest BCUT2D eigenvalue weighted by atomic mass is 10.1. The van der Waals surface area contributed by atoms with Gasteiger partial charge in [-0.1, -0.05) is 66.7 Å². The molecule has 158 valence electrons. The molecule has 0 heterocycles. The number of carbonyl (C=O) groups excluding carboxylic acids is 4. The molecule has 2 aromatic carbocycles. The van der Waals surface area contributed by atoms with Crippen molar-refractivity contribution in [3.05, 3.63) is 84.4 Å². The van der Waals surface area contributed by atoms with Gasteiger partial charge in [-0.2, -0.15) is 0 Å². The van der Waals surface area contributed by atoms with Crippen LogP contribution in [0.15, 0.2) is 73.3 Å². The van der Waals surface area contributed by atoms with Gasteiger partial charge in [-0.15, -0.1) is 6.58 Å². The number of rotatable bonds is 6. The largest absolute Gasteiger partial charge is 0.344 e. The molecule has 0 saturated carbocycles. The van der Waals surface area contributed by atoms with Crippen LogP contribution < -0.4 is 12.3 Å². The van der Waals surface area contributed by atoms with Crippen molar-refractivity contribution >= 4 is 23.1 Å². The zero-order valence-electron chi connectivity index (χ0n) is 17.5. The van der Waals surface area contributed by atoms with Crippen LogP contribution in [0.1, 0.15) is 54.3 Å². The van der Waals surface area contributed by atoms with Crippen molar-refractivity contribution in [1.82, 2.24) is 12.3 Å². The summed E-state index contributed by atoms with van der Waals surface area (Å²) >= 11 is 0. The van der Waals surface area contributed by atoms with Crippen molar-refractivity contribution in [2.75, 3.05) is 0 Å². The normalized spacial score (nSPS) is 8.24. The van der Waals surface area contributed by atoms with E-state index >= 15 is 0 Å². The first-order valence-electron chi connectivity index (χ1n) is 8.54. The third-order valence-electron chi connectivity index (χ3n) is 3.01. The second-order valence-electron chi connectivity index (χ2n) is 5.74. The summed E-state index contributed by atoms with van der Waals surface area (Å²) in [5.41, 5.74) is 1.21. The maximum atomic E-state index is 11.2. The van der Waals surface area contributed by atoms with Crippen LogP contribution in [0.3, 0.4) is 0 Å². The van der Waals surface area contributed by atoms with E-state index < -0.39 is 0 Å². The predicted octanol–water partition coefficient (Wildman–Crippen LogP) is 5.21. The first kappa shape index (κ1) is 30.5. The van der Waals surface area contributed by atoms with Gasteiger partial charge in [0, 0.05) is 11.1 Å². The molecule has 6 nitrogen and oxygen atoms in total. The minimum Gasteiger partial charge on any atom is -0.344 e. The van der Waals surface area contributed by atoms with Gasteiger partial charge < -0.3 is 12.3 Å². The molecule has 2 rings (SSSR count). The highest BCUT2D eigenvalue weighted by Crippen LogP contribution is 2.03. The summed E-state index contributed by atoms with van der Waals surface area (Å²) in [6.45, 7) is 8.09. The molecule has 0 atom stereocenters. The molecule has 0 fully saturated rings. The van der Waals surface area contributed by atoms with Gasteiger partial charge in [-0.05, 0) is 20.8 Å². The van der Waals surface area contributed by atoms with Crippen LogP contribution in [0.4, 0.5) is 0 Å². The zero-order valence-corrected chi connectivity index (χ0v) is 17.5. The van der Waals surface area contributed by atoms with Crippen molar-refractivity contribution in [3.63, 3.8) is 0 Å². The second kappa shape index (κ2) is 18.2. The maximum Gasteiger partial charge on any atom is 0.170 e.